The van der Waals surface area contributed by atoms with Crippen LogP contribution in [0.3, 0.4) is 0 Å². The van der Waals surface area contributed by atoms with E-state index in [1.165, 1.54) is 24.4 Å². The molecule has 0 fully saturated rings. The highest BCUT2D eigenvalue weighted by Gasteiger charge is 2.12. The Balaban J connectivity index is 2.10. The second-order valence-corrected chi connectivity index (χ2v) is 4.89. The van der Waals surface area contributed by atoms with Crippen LogP contribution in [-0.2, 0) is 6.42 Å². The first-order valence-electron chi connectivity index (χ1n) is 5.98. The van der Waals surface area contributed by atoms with Crippen LogP contribution in [0.1, 0.15) is 15.9 Å². The number of primary amides is 1. The standard InChI is InChI=1S/C13H11Cl2FN4O/c14-9-6-19-13(15)20-12(9)18-5-4-7-8(11(17)21)2-1-3-10(7)16/h1-3,6H,4-5H2,(H2,17,21)(H,18,19,20). The van der Waals surface area contributed by atoms with Crippen LogP contribution in [0.2, 0.25) is 10.3 Å². The molecule has 21 heavy (non-hydrogen) atoms. The fourth-order valence-electron chi connectivity index (χ4n) is 1.82. The van der Waals surface area contributed by atoms with E-state index >= 15 is 0 Å². The summed E-state index contributed by atoms with van der Waals surface area (Å²) in [4.78, 5) is 18.9. The van der Waals surface area contributed by atoms with Crippen LogP contribution in [0.15, 0.2) is 24.4 Å². The predicted octanol–water partition coefficient (Wildman–Crippen LogP) is 2.68. The van der Waals surface area contributed by atoms with E-state index in [9.17, 15) is 9.18 Å². The number of halogens is 3. The molecule has 2 rings (SSSR count). The van der Waals surface area contributed by atoms with Gasteiger partial charge in [-0.1, -0.05) is 17.7 Å². The first kappa shape index (κ1) is 15.5. The van der Waals surface area contributed by atoms with Gasteiger partial charge in [0.1, 0.15) is 16.7 Å². The highest BCUT2D eigenvalue weighted by Crippen LogP contribution is 2.20. The Bertz CT molecular complexity index is 681. The van der Waals surface area contributed by atoms with Crippen LogP contribution in [0.5, 0.6) is 0 Å². The quantitative estimate of drug-likeness (QED) is 0.827. The molecule has 1 amide bonds. The molecule has 110 valence electrons. The summed E-state index contributed by atoms with van der Waals surface area (Å²) in [6, 6.07) is 4.19. The lowest BCUT2D eigenvalue weighted by atomic mass is 10.0. The first-order chi connectivity index (χ1) is 9.99. The number of nitrogens with two attached hydrogens (primary N) is 1. The Morgan fingerprint density at radius 2 is 2.14 bits per heavy atom. The van der Waals surface area contributed by atoms with Crippen molar-refractivity contribution in [1.82, 2.24) is 9.97 Å². The van der Waals surface area contributed by atoms with Gasteiger partial charge in [-0.25, -0.2) is 9.37 Å². The number of nitrogens with zero attached hydrogens (tertiary/aromatic N) is 2. The van der Waals surface area contributed by atoms with E-state index in [0.717, 1.165) is 0 Å². The van der Waals surface area contributed by atoms with Crippen LogP contribution >= 0.6 is 23.2 Å². The zero-order valence-corrected chi connectivity index (χ0v) is 12.2. The molecule has 0 radical (unpaired) electrons. The Morgan fingerprint density at radius 1 is 1.38 bits per heavy atom. The van der Waals surface area contributed by atoms with E-state index < -0.39 is 11.7 Å². The molecule has 0 saturated carbocycles. The average molecular weight is 329 g/mol. The lowest BCUT2D eigenvalue weighted by Crippen LogP contribution is -2.17. The zero-order chi connectivity index (χ0) is 15.4. The summed E-state index contributed by atoms with van der Waals surface area (Å²) in [6.07, 6.45) is 1.60. The molecular weight excluding hydrogens is 318 g/mol. The number of benzene rings is 1. The molecule has 2 aromatic rings. The largest absolute Gasteiger partial charge is 0.368 e. The second-order valence-electron chi connectivity index (χ2n) is 4.14. The van der Waals surface area contributed by atoms with Crippen molar-refractivity contribution in [3.05, 3.63) is 51.6 Å². The summed E-state index contributed by atoms with van der Waals surface area (Å²) in [5.41, 5.74) is 5.63. The molecule has 1 aromatic carbocycles. The Labute approximate surface area is 130 Å². The summed E-state index contributed by atoms with van der Waals surface area (Å²) in [6.45, 7) is 0.300. The molecule has 0 aliphatic rings. The average Bonchev–Trinajstić information content (AvgIpc) is 2.44. The number of nitrogens with one attached hydrogen (secondary N) is 1. The van der Waals surface area contributed by atoms with Crippen molar-refractivity contribution in [2.24, 2.45) is 5.73 Å². The van der Waals surface area contributed by atoms with Crippen LogP contribution < -0.4 is 11.1 Å². The van der Waals surface area contributed by atoms with Crippen molar-refractivity contribution >= 4 is 34.9 Å². The molecule has 0 atom stereocenters. The molecule has 0 aliphatic heterocycles. The third kappa shape index (κ3) is 3.80. The van der Waals surface area contributed by atoms with Crippen molar-refractivity contribution in [2.45, 2.75) is 6.42 Å². The lowest BCUT2D eigenvalue weighted by molar-refractivity contribution is 0.0999. The van der Waals surface area contributed by atoms with Gasteiger partial charge in [0.2, 0.25) is 11.2 Å². The summed E-state index contributed by atoms with van der Waals surface area (Å²) < 4.78 is 13.8. The SMILES string of the molecule is NC(=O)c1cccc(F)c1CCNc1nc(Cl)ncc1Cl. The number of rotatable bonds is 5. The smallest absolute Gasteiger partial charge is 0.249 e. The summed E-state index contributed by atoms with van der Waals surface area (Å²) in [5.74, 6) is -0.818. The second kappa shape index (κ2) is 6.69. The fourth-order valence-corrected chi connectivity index (χ4v) is 2.11. The van der Waals surface area contributed by atoms with E-state index in [-0.39, 0.29) is 22.8 Å². The van der Waals surface area contributed by atoms with Crippen LogP contribution in [0, 0.1) is 5.82 Å². The van der Waals surface area contributed by atoms with E-state index in [0.29, 0.717) is 17.4 Å². The minimum absolute atomic E-state index is 0.0469. The zero-order valence-electron chi connectivity index (χ0n) is 10.7. The minimum Gasteiger partial charge on any atom is -0.368 e. The molecule has 0 unspecified atom stereocenters. The monoisotopic (exact) mass is 328 g/mol. The normalized spacial score (nSPS) is 10.4. The van der Waals surface area contributed by atoms with Gasteiger partial charge in [-0.2, -0.15) is 4.98 Å². The maximum Gasteiger partial charge on any atom is 0.249 e. The lowest BCUT2D eigenvalue weighted by Gasteiger charge is -2.10. The number of carbonyl (C=O) groups is 1. The van der Waals surface area contributed by atoms with Crippen molar-refractivity contribution in [3.63, 3.8) is 0 Å². The van der Waals surface area contributed by atoms with Crippen LogP contribution in [0.25, 0.3) is 0 Å². The van der Waals surface area contributed by atoms with Crippen molar-refractivity contribution in [1.29, 1.82) is 0 Å². The molecular formula is C13H11Cl2FN4O. The first-order valence-corrected chi connectivity index (χ1v) is 6.73. The highest BCUT2D eigenvalue weighted by atomic mass is 35.5. The molecule has 0 aliphatic carbocycles. The molecule has 0 saturated heterocycles. The van der Waals surface area contributed by atoms with Gasteiger partial charge in [-0.15, -0.1) is 0 Å². The molecule has 0 spiro atoms. The molecule has 5 nitrogen and oxygen atoms in total. The van der Waals surface area contributed by atoms with Crippen molar-refractivity contribution in [2.75, 3.05) is 11.9 Å². The van der Waals surface area contributed by atoms with Crippen LogP contribution in [-0.4, -0.2) is 22.4 Å². The number of anilines is 1. The van der Waals surface area contributed by atoms with E-state index in [1.54, 1.807) is 0 Å². The maximum absolute atomic E-state index is 13.8. The van der Waals surface area contributed by atoms with Crippen LogP contribution in [0.4, 0.5) is 10.2 Å². The summed E-state index contributed by atoms with van der Waals surface area (Å²) in [5, 5.41) is 3.25. The Hall–Kier alpha value is -1.92. The number of amides is 1. The van der Waals surface area contributed by atoms with E-state index in [4.69, 9.17) is 28.9 Å². The topological polar surface area (TPSA) is 80.9 Å². The van der Waals surface area contributed by atoms with E-state index in [1.807, 2.05) is 0 Å². The van der Waals surface area contributed by atoms with Gasteiger partial charge in [0, 0.05) is 17.7 Å². The predicted molar refractivity (Wildman–Crippen MR) is 79.2 cm³/mol. The molecule has 3 N–H and O–H groups in total. The molecule has 8 heteroatoms. The van der Waals surface area contributed by atoms with Gasteiger partial charge >= 0.3 is 0 Å². The number of hydrogen-bond donors (Lipinski definition) is 2. The highest BCUT2D eigenvalue weighted by molar-refractivity contribution is 6.33. The molecule has 1 heterocycles. The van der Waals surface area contributed by atoms with Gasteiger partial charge in [0.25, 0.3) is 0 Å². The Kier molecular flexibility index (Phi) is 4.93. The van der Waals surface area contributed by atoms with Crippen molar-refractivity contribution in [3.8, 4) is 0 Å². The third-order valence-corrected chi connectivity index (χ3v) is 3.23. The van der Waals surface area contributed by atoms with Gasteiger partial charge in [0.05, 0.1) is 6.20 Å². The van der Waals surface area contributed by atoms with Crippen molar-refractivity contribution < 1.29 is 9.18 Å². The van der Waals surface area contributed by atoms with Gasteiger partial charge in [0.15, 0.2) is 0 Å². The fraction of sp³-hybridized carbons (Fsp3) is 0.154. The third-order valence-electron chi connectivity index (χ3n) is 2.77. The molecule has 0 bridgehead atoms. The minimum atomic E-state index is -0.674. The number of carbonyl (C=O) groups excluding carboxylic acids is 1. The summed E-state index contributed by atoms with van der Waals surface area (Å²) >= 11 is 11.6. The number of hydrogen-bond acceptors (Lipinski definition) is 4. The van der Waals surface area contributed by atoms with E-state index in [2.05, 4.69) is 15.3 Å². The van der Waals surface area contributed by atoms with Gasteiger partial charge in [-0.3, -0.25) is 4.79 Å². The van der Waals surface area contributed by atoms with Gasteiger partial charge in [-0.05, 0) is 30.2 Å². The Morgan fingerprint density at radius 3 is 2.86 bits per heavy atom. The maximum atomic E-state index is 13.8. The molecule has 1 aromatic heterocycles. The summed E-state index contributed by atoms with van der Waals surface area (Å²) in [7, 11) is 0. The van der Waals surface area contributed by atoms with Gasteiger partial charge < -0.3 is 11.1 Å². The number of aromatic nitrogens is 2.